The summed E-state index contributed by atoms with van der Waals surface area (Å²) in [6.07, 6.45) is 1.34. The van der Waals surface area contributed by atoms with Gasteiger partial charge in [0.25, 0.3) is 5.91 Å². The van der Waals surface area contributed by atoms with Crippen molar-refractivity contribution in [2.24, 2.45) is 5.10 Å². The summed E-state index contributed by atoms with van der Waals surface area (Å²) in [5.41, 5.74) is 2.78. The number of aromatic hydroxyl groups is 1. The first-order chi connectivity index (χ1) is 13.1. The summed E-state index contributed by atoms with van der Waals surface area (Å²) in [5, 5.41) is 15.9. The second-order valence-electron chi connectivity index (χ2n) is 5.58. The number of halogens is 1. The van der Waals surface area contributed by atoms with Crippen LogP contribution in [0.3, 0.4) is 0 Å². The number of ether oxygens (including phenoxy) is 2. The van der Waals surface area contributed by atoms with Crippen LogP contribution in [-0.4, -0.2) is 30.9 Å². The number of hydrogen-bond acceptors (Lipinski definition) is 5. The van der Waals surface area contributed by atoms with Crippen LogP contribution in [0.4, 0.5) is 0 Å². The van der Waals surface area contributed by atoms with Gasteiger partial charge in [-0.1, -0.05) is 36.4 Å². The Labute approximate surface area is 164 Å². The molecule has 0 heterocycles. The maximum Gasteiger partial charge on any atom is 0.277 e. The molecule has 3 rings (SSSR count). The summed E-state index contributed by atoms with van der Waals surface area (Å²) in [5.74, 6) is 0.427. The zero-order valence-electron chi connectivity index (χ0n) is 14.5. The molecule has 0 aliphatic heterocycles. The van der Waals surface area contributed by atoms with E-state index >= 15 is 0 Å². The summed E-state index contributed by atoms with van der Waals surface area (Å²) in [6, 6.07) is 16.6. The number of rotatable bonds is 6. The van der Waals surface area contributed by atoms with Crippen molar-refractivity contribution in [1.29, 1.82) is 0 Å². The normalized spacial score (nSPS) is 10.9. The molecule has 1 amide bonds. The van der Waals surface area contributed by atoms with E-state index in [1.165, 1.54) is 13.3 Å². The highest BCUT2D eigenvalue weighted by Crippen LogP contribution is 2.33. The van der Waals surface area contributed by atoms with Gasteiger partial charge < -0.3 is 14.6 Å². The van der Waals surface area contributed by atoms with Crippen LogP contribution in [0.1, 0.15) is 5.56 Å². The van der Waals surface area contributed by atoms with Gasteiger partial charge in [0.15, 0.2) is 18.1 Å². The topological polar surface area (TPSA) is 80.2 Å². The maximum absolute atomic E-state index is 11.9. The van der Waals surface area contributed by atoms with Crippen LogP contribution in [0.5, 0.6) is 17.2 Å². The Bertz CT molecular complexity index is 1000. The molecule has 0 saturated heterocycles. The van der Waals surface area contributed by atoms with Crippen LogP contribution < -0.4 is 14.9 Å². The van der Waals surface area contributed by atoms with Gasteiger partial charge in [-0.15, -0.1) is 0 Å². The highest BCUT2D eigenvalue weighted by molar-refractivity contribution is 9.10. The minimum Gasteiger partial charge on any atom is -0.504 e. The molecule has 3 aromatic carbocycles. The highest BCUT2D eigenvalue weighted by atomic mass is 79.9. The monoisotopic (exact) mass is 428 g/mol. The van der Waals surface area contributed by atoms with Gasteiger partial charge in [0.2, 0.25) is 0 Å². The fourth-order valence-corrected chi connectivity index (χ4v) is 3.09. The number of hydrazone groups is 1. The van der Waals surface area contributed by atoms with Crippen LogP contribution in [0.25, 0.3) is 10.8 Å². The zero-order chi connectivity index (χ0) is 19.2. The van der Waals surface area contributed by atoms with E-state index in [0.29, 0.717) is 17.1 Å². The number of fused-ring (bicyclic) bond motifs is 1. The number of phenolic OH excluding ortho intramolecular Hbond substituents is 1. The van der Waals surface area contributed by atoms with Crippen LogP contribution in [-0.2, 0) is 4.79 Å². The molecule has 0 fully saturated rings. The van der Waals surface area contributed by atoms with Crippen LogP contribution in [0.15, 0.2) is 64.2 Å². The number of amides is 1. The summed E-state index contributed by atoms with van der Waals surface area (Å²) >= 11 is 3.51. The van der Waals surface area contributed by atoms with E-state index in [-0.39, 0.29) is 12.4 Å². The van der Waals surface area contributed by atoms with Gasteiger partial charge in [-0.25, -0.2) is 5.43 Å². The number of benzene rings is 3. The van der Waals surface area contributed by atoms with E-state index in [4.69, 9.17) is 9.47 Å². The Morgan fingerprint density at radius 3 is 2.78 bits per heavy atom. The van der Waals surface area contributed by atoms with E-state index in [1.807, 2.05) is 30.3 Å². The molecule has 0 atom stereocenters. The van der Waals surface area contributed by atoms with Gasteiger partial charge in [0.1, 0.15) is 5.75 Å². The molecule has 0 radical (unpaired) electrons. The second kappa shape index (κ2) is 8.55. The molecule has 6 nitrogen and oxygen atoms in total. The van der Waals surface area contributed by atoms with Crippen LogP contribution >= 0.6 is 15.9 Å². The predicted octanol–water partition coefficient (Wildman–Crippen LogP) is 3.85. The third-order valence-corrected chi connectivity index (χ3v) is 4.65. The van der Waals surface area contributed by atoms with Crippen molar-refractivity contribution in [1.82, 2.24) is 5.43 Å². The smallest absolute Gasteiger partial charge is 0.277 e. The number of para-hydroxylation sites is 1. The molecule has 0 bridgehead atoms. The number of nitrogens with one attached hydrogen (secondary N) is 1. The average Bonchev–Trinajstić information content (AvgIpc) is 2.69. The molecule has 0 aliphatic rings. The largest absolute Gasteiger partial charge is 0.504 e. The molecular weight excluding hydrogens is 412 g/mol. The molecule has 0 aromatic heterocycles. The van der Waals surface area contributed by atoms with Crippen molar-refractivity contribution in [2.75, 3.05) is 13.7 Å². The molecule has 2 N–H and O–H groups in total. The Hall–Kier alpha value is -3.06. The molecule has 0 unspecified atom stereocenters. The van der Waals surface area contributed by atoms with E-state index in [9.17, 15) is 9.90 Å². The van der Waals surface area contributed by atoms with Crippen LogP contribution in [0, 0.1) is 0 Å². The summed E-state index contributed by atoms with van der Waals surface area (Å²) in [6.45, 7) is -0.196. The number of carbonyl (C=O) groups is 1. The zero-order valence-corrected chi connectivity index (χ0v) is 16.1. The molecular formula is C20H17BrN2O4. The fraction of sp³-hybridized carbons (Fsp3) is 0.100. The molecule has 3 aromatic rings. The SMILES string of the molecule is COc1cccc(/C=N/NC(=O)COc2ccc3ccccc3c2Br)c1O. The summed E-state index contributed by atoms with van der Waals surface area (Å²) in [7, 11) is 1.46. The lowest BCUT2D eigenvalue weighted by molar-refractivity contribution is -0.123. The first kappa shape index (κ1) is 18.7. The standard InChI is InChI=1S/C20H17BrN2O4/c1-26-17-8-4-6-14(20(17)25)11-22-23-18(24)12-27-16-10-9-13-5-2-3-7-15(13)19(16)21/h2-11,25H,12H2,1H3,(H,23,24)/b22-11+. The lowest BCUT2D eigenvalue weighted by Crippen LogP contribution is -2.24. The van der Waals surface area contributed by atoms with E-state index in [2.05, 4.69) is 26.5 Å². The van der Waals surface area contributed by atoms with Gasteiger partial charge in [-0.2, -0.15) is 5.10 Å². The lowest BCUT2D eigenvalue weighted by Gasteiger charge is -2.09. The second-order valence-corrected chi connectivity index (χ2v) is 6.37. The number of methoxy groups -OCH3 is 1. The first-order valence-corrected chi connectivity index (χ1v) is 8.87. The predicted molar refractivity (Wildman–Crippen MR) is 108 cm³/mol. The summed E-state index contributed by atoms with van der Waals surface area (Å²) in [4.78, 5) is 11.9. The highest BCUT2D eigenvalue weighted by Gasteiger charge is 2.09. The quantitative estimate of drug-likeness (QED) is 0.461. The Morgan fingerprint density at radius 1 is 1.15 bits per heavy atom. The van der Waals surface area contributed by atoms with Gasteiger partial charge in [0, 0.05) is 5.56 Å². The number of carbonyl (C=O) groups excluding carboxylic acids is 1. The molecule has 0 aliphatic carbocycles. The number of phenols is 1. The Balaban J connectivity index is 1.60. The van der Waals surface area contributed by atoms with Crippen molar-refractivity contribution in [3.63, 3.8) is 0 Å². The first-order valence-electron chi connectivity index (χ1n) is 8.08. The Morgan fingerprint density at radius 2 is 1.96 bits per heavy atom. The third-order valence-electron chi connectivity index (χ3n) is 3.83. The minimum absolute atomic E-state index is 0.0469. The average molecular weight is 429 g/mol. The number of nitrogens with zero attached hydrogens (tertiary/aromatic N) is 1. The van der Waals surface area contributed by atoms with E-state index < -0.39 is 5.91 Å². The van der Waals surface area contributed by atoms with E-state index in [1.54, 1.807) is 24.3 Å². The number of hydrogen-bond donors (Lipinski definition) is 2. The van der Waals surface area contributed by atoms with E-state index in [0.717, 1.165) is 15.2 Å². The van der Waals surface area contributed by atoms with Gasteiger partial charge >= 0.3 is 0 Å². The van der Waals surface area contributed by atoms with Crippen molar-refractivity contribution < 1.29 is 19.4 Å². The van der Waals surface area contributed by atoms with Crippen molar-refractivity contribution in [2.45, 2.75) is 0 Å². The molecule has 0 saturated carbocycles. The Kier molecular flexibility index (Phi) is 5.93. The van der Waals surface area contributed by atoms with Crippen molar-refractivity contribution >= 4 is 38.8 Å². The lowest BCUT2D eigenvalue weighted by atomic mass is 10.1. The molecule has 0 spiro atoms. The van der Waals surface area contributed by atoms with Gasteiger partial charge in [-0.05, 0) is 44.9 Å². The summed E-state index contributed by atoms with van der Waals surface area (Å²) < 4.78 is 11.4. The van der Waals surface area contributed by atoms with Gasteiger partial charge in [0.05, 0.1) is 17.8 Å². The van der Waals surface area contributed by atoms with Crippen molar-refractivity contribution in [3.8, 4) is 17.2 Å². The molecule has 27 heavy (non-hydrogen) atoms. The molecule has 7 heteroatoms. The molecule has 138 valence electrons. The van der Waals surface area contributed by atoms with Gasteiger partial charge in [-0.3, -0.25) is 4.79 Å². The van der Waals surface area contributed by atoms with Crippen molar-refractivity contribution in [3.05, 3.63) is 64.6 Å². The fourth-order valence-electron chi connectivity index (χ4n) is 2.48. The minimum atomic E-state index is -0.423. The van der Waals surface area contributed by atoms with Crippen LogP contribution in [0.2, 0.25) is 0 Å². The maximum atomic E-state index is 11.9. The third kappa shape index (κ3) is 4.38.